The van der Waals surface area contributed by atoms with Crippen molar-refractivity contribution in [2.45, 2.75) is 100 Å². The molecule has 0 aromatic rings. The average molecular weight is 496 g/mol. The highest BCUT2D eigenvalue weighted by Gasteiger charge is 2.86. The number of ether oxygens (including phenoxy) is 2. The van der Waals surface area contributed by atoms with E-state index >= 15 is 0 Å². The molecule has 1 fully saturated rings. The summed E-state index contributed by atoms with van der Waals surface area (Å²) in [6.45, 7) is 1.59. The predicted molar refractivity (Wildman–Crippen MR) is 92.6 cm³/mol. The van der Waals surface area contributed by atoms with Crippen LogP contribution in [0.15, 0.2) is 0 Å². The van der Waals surface area contributed by atoms with Crippen molar-refractivity contribution in [3.8, 4) is 0 Å². The van der Waals surface area contributed by atoms with Crippen LogP contribution in [0.3, 0.4) is 0 Å². The summed E-state index contributed by atoms with van der Waals surface area (Å²) >= 11 is 0. The van der Waals surface area contributed by atoms with E-state index in [4.69, 9.17) is 9.47 Å². The smallest absolute Gasteiger partial charge is 0.379 e. The first-order chi connectivity index (χ1) is 14.6. The van der Waals surface area contributed by atoms with Crippen LogP contribution in [-0.2, 0) is 9.47 Å². The van der Waals surface area contributed by atoms with Gasteiger partial charge in [0.05, 0.1) is 12.7 Å². The molecule has 1 rings (SSSR count). The molecule has 2 nitrogen and oxygen atoms in total. The molecule has 0 radical (unpaired) electrons. The Morgan fingerprint density at radius 1 is 0.656 bits per heavy atom. The highest BCUT2D eigenvalue weighted by atomic mass is 19.4. The van der Waals surface area contributed by atoms with Crippen LogP contribution in [0.4, 0.5) is 48.3 Å². The standard InChI is InChI=1S/C19H27F11O2/c20-15(21,16(22,23)17(24,25)18(26,27)19(28,29)30)10-6-3-1-2-4-7-11-31-13-14-9-5-8-12-32-14/h14H,1-13H2. The minimum Gasteiger partial charge on any atom is -0.379 e. The molecule has 1 heterocycles. The maximum Gasteiger partial charge on any atom is 0.460 e. The van der Waals surface area contributed by atoms with Gasteiger partial charge in [0.1, 0.15) is 0 Å². The number of alkyl halides is 11. The summed E-state index contributed by atoms with van der Waals surface area (Å²) in [5.41, 5.74) is 0. The fourth-order valence-corrected chi connectivity index (χ4v) is 3.17. The van der Waals surface area contributed by atoms with E-state index in [1.54, 1.807) is 0 Å². The van der Waals surface area contributed by atoms with E-state index in [1.807, 2.05) is 0 Å². The van der Waals surface area contributed by atoms with Crippen molar-refractivity contribution in [3.05, 3.63) is 0 Å². The van der Waals surface area contributed by atoms with Crippen LogP contribution in [0.1, 0.15) is 64.2 Å². The van der Waals surface area contributed by atoms with Gasteiger partial charge in [-0.05, 0) is 32.1 Å². The zero-order valence-corrected chi connectivity index (χ0v) is 17.2. The van der Waals surface area contributed by atoms with E-state index in [1.165, 1.54) is 0 Å². The number of unbranched alkanes of at least 4 members (excludes halogenated alkanes) is 5. The highest BCUT2D eigenvalue weighted by Crippen LogP contribution is 2.58. The molecule has 13 heteroatoms. The van der Waals surface area contributed by atoms with Crippen molar-refractivity contribution < 1.29 is 57.8 Å². The van der Waals surface area contributed by atoms with Gasteiger partial charge in [-0.2, -0.15) is 48.3 Å². The lowest BCUT2D eigenvalue weighted by molar-refractivity contribution is -0.422. The third-order valence-corrected chi connectivity index (χ3v) is 5.21. The Hall–Kier alpha value is -0.850. The normalized spacial score (nSPS) is 19.4. The molecule has 1 atom stereocenters. The molecule has 0 bridgehead atoms. The topological polar surface area (TPSA) is 18.5 Å². The second-order valence-corrected chi connectivity index (χ2v) is 7.86. The maximum atomic E-state index is 13.5. The first-order valence-corrected chi connectivity index (χ1v) is 10.4. The molecule has 0 aromatic carbocycles. The molecule has 1 aliphatic heterocycles. The van der Waals surface area contributed by atoms with Crippen molar-refractivity contribution in [1.29, 1.82) is 0 Å². The van der Waals surface area contributed by atoms with Crippen molar-refractivity contribution in [3.63, 3.8) is 0 Å². The van der Waals surface area contributed by atoms with Crippen molar-refractivity contribution >= 4 is 0 Å². The fraction of sp³-hybridized carbons (Fsp3) is 1.00. The first-order valence-electron chi connectivity index (χ1n) is 10.4. The summed E-state index contributed by atoms with van der Waals surface area (Å²) in [6.07, 6.45) is -4.84. The fourth-order valence-electron chi connectivity index (χ4n) is 3.17. The van der Waals surface area contributed by atoms with E-state index in [-0.39, 0.29) is 18.9 Å². The molecule has 1 saturated heterocycles. The van der Waals surface area contributed by atoms with Gasteiger partial charge in [-0.1, -0.05) is 25.7 Å². The molecule has 1 unspecified atom stereocenters. The van der Waals surface area contributed by atoms with Crippen molar-refractivity contribution in [2.24, 2.45) is 0 Å². The van der Waals surface area contributed by atoms with E-state index < -0.39 is 42.7 Å². The van der Waals surface area contributed by atoms with Gasteiger partial charge in [-0.25, -0.2) is 0 Å². The lowest BCUT2D eigenvalue weighted by Crippen LogP contribution is -2.66. The number of hydrogen-bond acceptors (Lipinski definition) is 2. The van der Waals surface area contributed by atoms with Gasteiger partial charge in [0, 0.05) is 19.6 Å². The van der Waals surface area contributed by atoms with Gasteiger partial charge < -0.3 is 9.47 Å². The Kier molecular flexibility index (Phi) is 10.5. The van der Waals surface area contributed by atoms with Crippen LogP contribution in [-0.4, -0.2) is 55.8 Å². The van der Waals surface area contributed by atoms with Gasteiger partial charge in [-0.15, -0.1) is 0 Å². The summed E-state index contributed by atoms with van der Waals surface area (Å²) in [5, 5.41) is 0. The third kappa shape index (κ3) is 7.07. The maximum absolute atomic E-state index is 13.5. The number of halogens is 11. The number of rotatable bonds is 14. The van der Waals surface area contributed by atoms with Crippen LogP contribution in [0.5, 0.6) is 0 Å². The minimum atomic E-state index is -7.32. The minimum absolute atomic E-state index is 0.0620. The molecule has 0 amide bonds. The molecule has 0 aromatic heterocycles. The Balaban J connectivity index is 2.30. The second-order valence-electron chi connectivity index (χ2n) is 7.86. The van der Waals surface area contributed by atoms with E-state index in [2.05, 4.69) is 0 Å². The summed E-state index contributed by atoms with van der Waals surface area (Å²) < 4.78 is 153. The van der Waals surface area contributed by atoms with Gasteiger partial charge in [0.15, 0.2) is 0 Å². The molecule has 0 N–H and O–H groups in total. The van der Waals surface area contributed by atoms with Gasteiger partial charge >= 0.3 is 29.9 Å². The third-order valence-electron chi connectivity index (χ3n) is 5.21. The van der Waals surface area contributed by atoms with Gasteiger partial charge in [0.2, 0.25) is 0 Å². The van der Waals surface area contributed by atoms with Crippen molar-refractivity contribution in [2.75, 3.05) is 19.8 Å². The Bertz CT molecular complexity index is 544. The second kappa shape index (κ2) is 11.5. The van der Waals surface area contributed by atoms with Crippen LogP contribution in [0.25, 0.3) is 0 Å². The van der Waals surface area contributed by atoms with Crippen LogP contribution in [0.2, 0.25) is 0 Å². The van der Waals surface area contributed by atoms with Crippen LogP contribution >= 0.6 is 0 Å². The lowest BCUT2D eigenvalue weighted by Gasteiger charge is -2.37. The highest BCUT2D eigenvalue weighted by molar-refractivity contribution is 5.06. The SMILES string of the molecule is FC(F)(F)C(F)(F)C(F)(F)C(F)(F)C(F)(F)CCCCCCCCOCC1CCCCO1. The Labute approximate surface area is 178 Å². The van der Waals surface area contributed by atoms with Gasteiger partial charge in [0.25, 0.3) is 0 Å². The summed E-state index contributed by atoms with van der Waals surface area (Å²) in [7, 11) is 0. The number of hydrogen-bond donors (Lipinski definition) is 0. The summed E-state index contributed by atoms with van der Waals surface area (Å²) in [5.74, 6) is -27.3. The molecule has 0 saturated carbocycles. The molecule has 0 spiro atoms. The quantitative estimate of drug-likeness (QED) is 0.184. The monoisotopic (exact) mass is 496 g/mol. The molecule has 1 aliphatic rings. The zero-order valence-electron chi connectivity index (χ0n) is 17.2. The largest absolute Gasteiger partial charge is 0.460 e. The van der Waals surface area contributed by atoms with Crippen LogP contribution < -0.4 is 0 Å². The molecular weight excluding hydrogens is 469 g/mol. The lowest BCUT2D eigenvalue weighted by atomic mass is 9.94. The summed E-state index contributed by atoms with van der Waals surface area (Å²) in [4.78, 5) is 0. The molecule has 192 valence electrons. The Morgan fingerprint density at radius 3 is 1.75 bits per heavy atom. The van der Waals surface area contributed by atoms with E-state index in [9.17, 15) is 48.3 Å². The molecule has 0 aliphatic carbocycles. The predicted octanol–water partition coefficient (Wildman–Crippen LogP) is 7.41. The van der Waals surface area contributed by atoms with Crippen LogP contribution in [0, 0.1) is 0 Å². The average Bonchev–Trinajstić information content (AvgIpc) is 2.68. The van der Waals surface area contributed by atoms with E-state index in [0.29, 0.717) is 39.1 Å². The van der Waals surface area contributed by atoms with E-state index in [0.717, 1.165) is 19.3 Å². The zero-order chi connectivity index (χ0) is 24.7. The molecule has 32 heavy (non-hydrogen) atoms. The first kappa shape index (κ1) is 29.2. The van der Waals surface area contributed by atoms with Crippen molar-refractivity contribution in [1.82, 2.24) is 0 Å². The summed E-state index contributed by atoms with van der Waals surface area (Å²) in [6, 6.07) is 0. The molecular formula is C19H27F11O2. The van der Waals surface area contributed by atoms with Gasteiger partial charge in [-0.3, -0.25) is 0 Å². The Morgan fingerprint density at radius 2 is 1.22 bits per heavy atom.